The first kappa shape index (κ1) is 11.7. The van der Waals surface area contributed by atoms with Crippen LogP contribution in [-0.2, 0) is 0 Å². The maximum Gasteiger partial charge on any atom is 0.254 e. The number of aryl methyl sites for hydroxylation is 1. The zero-order chi connectivity index (χ0) is 12.4. The molecule has 7 heteroatoms. The van der Waals surface area contributed by atoms with Crippen molar-refractivity contribution < 1.29 is 0 Å². The van der Waals surface area contributed by atoms with Gasteiger partial charge >= 0.3 is 0 Å². The second-order valence-electron chi connectivity index (χ2n) is 3.87. The van der Waals surface area contributed by atoms with E-state index in [1.807, 2.05) is 24.9 Å². The summed E-state index contributed by atoms with van der Waals surface area (Å²) >= 11 is 4.87. The zero-order valence-electron chi connectivity index (χ0n) is 9.79. The molecule has 0 saturated heterocycles. The van der Waals surface area contributed by atoms with Crippen LogP contribution in [0.4, 0.5) is 5.82 Å². The number of nitrogens with two attached hydrogens (primary N) is 1. The lowest BCUT2D eigenvalue weighted by molar-refractivity contribution is 0.831. The summed E-state index contributed by atoms with van der Waals surface area (Å²) in [4.78, 5) is 10.9. The van der Waals surface area contributed by atoms with Crippen LogP contribution in [0.25, 0.3) is 5.78 Å². The van der Waals surface area contributed by atoms with E-state index < -0.39 is 0 Å². The van der Waals surface area contributed by atoms with Crippen molar-refractivity contribution in [3.63, 3.8) is 0 Å². The predicted octanol–water partition coefficient (Wildman–Crippen LogP) is 0.545. The molecule has 2 aromatic heterocycles. The van der Waals surface area contributed by atoms with Crippen LogP contribution in [0, 0.1) is 6.92 Å². The van der Waals surface area contributed by atoms with Gasteiger partial charge in [0.2, 0.25) is 0 Å². The van der Waals surface area contributed by atoms with E-state index in [2.05, 4.69) is 15.1 Å². The Kier molecular flexibility index (Phi) is 3.19. The Hall–Kier alpha value is -1.76. The molecule has 90 valence electrons. The van der Waals surface area contributed by atoms with E-state index in [-0.39, 0.29) is 0 Å². The second-order valence-corrected chi connectivity index (χ2v) is 4.39. The van der Waals surface area contributed by atoms with Gasteiger partial charge in [0.05, 0.1) is 4.99 Å². The molecule has 2 heterocycles. The van der Waals surface area contributed by atoms with Gasteiger partial charge in [0.25, 0.3) is 5.78 Å². The van der Waals surface area contributed by atoms with Gasteiger partial charge in [0, 0.05) is 31.8 Å². The first-order valence-corrected chi connectivity index (χ1v) is 5.65. The van der Waals surface area contributed by atoms with Gasteiger partial charge in [-0.05, 0) is 6.92 Å². The fourth-order valence-electron chi connectivity index (χ4n) is 1.58. The summed E-state index contributed by atoms with van der Waals surface area (Å²) in [5, 5.41) is 4.15. The number of fused-ring (bicyclic) bond motifs is 1. The highest BCUT2D eigenvalue weighted by molar-refractivity contribution is 7.80. The lowest BCUT2D eigenvalue weighted by Gasteiger charge is -2.19. The third-order valence-electron chi connectivity index (χ3n) is 2.45. The van der Waals surface area contributed by atoms with Crippen molar-refractivity contribution >= 4 is 28.8 Å². The van der Waals surface area contributed by atoms with Crippen LogP contribution in [0.1, 0.15) is 12.1 Å². The summed E-state index contributed by atoms with van der Waals surface area (Å²) in [7, 11) is 1.97. The average molecular weight is 250 g/mol. The third-order valence-corrected chi connectivity index (χ3v) is 2.65. The third kappa shape index (κ3) is 2.50. The Labute approximate surface area is 104 Å². The molecule has 0 unspecified atom stereocenters. The van der Waals surface area contributed by atoms with Crippen molar-refractivity contribution in [2.24, 2.45) is 5.73 Å². The molecule has 2 aromatic rings. The minimum atomic E-state index is 0.512. The Morgan fingerprint density at radius 2 is 2.35 bits per heavy atom. The van der Waals surface area contributed by atoms with Crippen LogP contribution in [-0.4, -0.2) is 38.2 Å². The van der Waals surface area contributed by atoms with Gasteiger partial charge in [-0.1, -0.05) is 12.2 Å². The molecule has 0 amide bonds. The highest BCUT2D eigenvalue weighted by atomic mass is 32.1. The van der Waals surface area contributed by atoms with E-state index in [4.69, 9.17) is 18.0 Å². The van der Waals surface area contributed by atoms with E-state index in [1.165, 1.54) is 6.33 Å². The largest absolute Gasteiger partial charge is 0.393 e. The van der Waals surface area contributed by atoms with Crippen molar-refractivity contribution in [2.75, 3.05) is 18.5 Å². The van der Waals surface area contributed by atoms with Crippen LogP contribution in [0.3, 0.4) is 0 Å². The molecule has 0 aromatic carbocycles. The first-order valence-electron chi connectivity index (χ1n) is 5.25. The molecule has 0 saturated carbocycles. The smallest absolute Gasteiger partial charge is 0.254 e. The standard InChI is InChI=1S/C10H14N6S/c1-7-5-9(15(2)4-3-8(11)17)16-10(14-7)12-6-13-16/h5-6H,3-4H2,1-2H3,(H2,11,17). The highest BCUT2D eigenvalue weighted by Crippen LogP contribution is 2.14. The van der Waals surface area contributed by atoms with Gasteiger partial charge in [-0.25, -0.2) is 4.98 Å². The molecule has 0 bridgehead atoms. The first-order chi connectivity index (χ1) is 8.08. The number of hydrogen-bond acceptors (Lipinski definition) is 5. The Morgan fingerprint density at radius 3 is 3.06 bits per heavy atom. The molecule has 2 rings (SSSR count). The van der Waals surface area contributed by atoms with Crippen LogP contribution in [0.2, 0.25) is 0 Å². The molecule has 0 spiro atoms. The van der Waals surface area contributed by atoms with Gasteiger partial charge in [-0.3, -0.25) is 0 Å². The number of anilines is 1. The van der Waals surface area contributed by atoms with E-state index >= 15 is 0 Å². The lowest BCUT2D eigenvalue weighted by atomic mass is 10.3. The molecule has 6 nitrogen and oxygen atoms in total. The average Bonchev–Trinajstić information content (AvgIpc) is 2.72. The molecule has 0 fully saturated rings. The molecular weight excluding hydrogens is 236 g/mol. The summed E-state index contributed by atoms with van der Waals surface area (Å²) < 4.78 is 1.70. The topological polar surface area (TPSA) is 72.3 Å². The number of nitrogens with zero attached hydrogens (tertiary/aromatic N) is 5. The maximum absolute atomic E-state index is 5.50. The van der Waals surface area contributed by atoms with Crippen LogP contribution >= 0.6 is 12.2 Å². The number of aromatic nitrogens is 4. The minimum absolute atomic E-state index is 0.512. The quantitative estimate of drug-likeness (QED) is 0.799. The molecule has 0 atom stereocenters. The van der Waals surface area contributed by atoms with Gasteiger partial charge in [0.1, 0.15) is 12.1 Å². The van der Waals surface area contributed by atoms with E-state index in [0.717, 1.165) is 18.1 Å². The maximum atomic E-state index is 5.50. The second kappa shape index (κ2) is 4.62. The normalized spacial score (nSPS) is 10.7. The number of hydrogen-bond donors (Lipinski definition) is 1. The van der Waals surface area contributed by atoms with Crippen LogP contribution < -0.4 is 10.6 Å². The highest BCUT2D eigenvalue weighted by Gasteiger charge is 2.09. The van der Waals surface area contributed by atoms with E-state index in [1.54, 1.807) is 4.52 Å². The molecular formula is C10H14N6S. The van der Waals surface area contributed by atoms with Crippen LogP contribution in [0.5, 0.6) is 0 Å². The van der Waals surface area contributed by atoms with Crippen LogP contribution in [0.15, 0.2) is 12.4 Å². The fourth-order valence-corrected chi connectivity index (χ4v) is 1.67. The number of thiocarbonyl (C=S) groups is 1. The van der Waals surface area contributed by atoms with Gasteiger partial charge < -0.3 is 10.6 Å². The molecule has 0 radical (unpaired) electrons. The summed E-state index contributed by atoms with van der Waals surface area (Å²) in [5.41, 5.74) is 6.40. The van der Waals surface area contributed by atoms with Crippen molar-refractivity contribution in [1.29, 1.82) is 0 Å². The monoisotopic (exact) mass is 250 g/mol. The van der Waals surface area contributed by atoms with Crippen molar-refractivity contribution in [3.05, 3.63) is 18.1 Å². The Bertz CT molecular complexity index is 549. The van der Waals surface area contributed by atoms with Gasteiger partial charge in [-0.15, -0.1) is 0 Å². The molecule has 2 N–H and O–H groups in total. The summed E-state index contributed by atoms with van der Waals surface area (Å²) in [6.07, 6.45) is 2.16. The van der Waals surface area contributed by atoms with Gasteiger partial charge in [-0.2, -0.15) is 14.6 Å². The number of rotatable bonds is 4. The predicted molar refractivity (Wildman–Crippen MR) is 70.2 cm³/mol. The molecule has 17 heavy (non-hydrogen) atoms. The Balaban J connectivity index is 2.33. The molecule has 0 aliphatic rings. The van der Waals surface area contributed by atoms with E-state index in [0.29, 0.717) is 17.2 Å². The van der Waals surface area contributed by atoms with Crippen molar-refractivity contribution in [3.8, 4) is 0 Å². The van der Waals surface area contributed by atoms with E-state index in [9.17, 15) is 0 Å². The molecule has 0 aliphatic heterocycles. The SMILES string of the molecule is Cc1cc(N(C)CCC(N)=S)n2ncnc2n1. The van der Waals surface area contributed by atoms with Crippen molar-refractivity contribution in [1.82, 2.24) is 19.6 Å². The molecule has 0 aliphatic carbocycles. The lowest BCUT2D eigenvalue weighted by Crippen LogP contribution is -2.25. The zero-order valence-corrected chi connectivity index (χ0v) is 10.6. The Morgan fingerprint density at radius 1 is 1.59 bits per heavy atom. The summed E-state index contributed by atoms with van der Waals surface area (Å²) in [6.45, 7) is 2.67. The minimum Gasteiger partial charge on any atom is -0.393 e. The fraction of sp³-hybridized carbons (Fsp3) is 0.400. The van der Waals surface area contributed by atoms with Gasteiger partial charge in [0.15, 0.2) is 0 Å². The summed E-state index contributed by atoms with van der Waals surface area (Å²) in [5.74, 6) is 1.53. The van der Waals surface area contributed by atoms with Crippen molar-refractivity contribution in [2.45, 2.75) is 13.3 Å². The summed E-state index contributed by atoms with van der Waals surface area (Å²) in [6, 6.07) is 1.96.